The molecule has 94 valence electrons. The van der Waals surface area contributed by atoms with Crippen LogP contribution in [0.25, 0.3) is 0 Å². The standard InChI is InChI=1S/C13H21N3O/c1-4-8-16(3)10(2)13(17)15-12-7-5-6-11(14)9-12/h5-7,9-10H,4,8,14H2,1-3H3,(H,15,17). The Bertz CT molecular complexity index is 379. The number of likely N-dealkylation sites (N-methyl/N-ethyl adjacent to an activating group) is 1. The predicted molar refractivity (Wildman–Crippen MR) is 71.9 cm³/mol. The number of carbonyl (C=O) groups excluding carboxylic acids is 1. The van der Waals surface area contributed by atoms with Gasteiger partial charge in [0.25, 0.3) is 0 Å². The number of hydrogen-bond donors (Lipinski definition) is 2. The Hall–Kier alpha value is -1.55. The SMILES string of the molecule is CCCN(C)C(C)C(=O)Nc1cccc(N)c1. The minimum atomic E-state index is -0.142. The quantitative estimate of drug-likeness (QED) is 0.767. The maximum Gasteiger partial charge on any atom is 0.241 e. The third kappa shape index (κ3) is 4.07. The molecule has 0 saturated carbocycles. The smallest absolute Gasteiger partial charge is 0.241 e. The van der Waals surface area contributed by atoms with E-state index in [-0.39, 0.29) is 11.9 Å². The molecule has 0 aliphatic heterocycles. The van der Waals surface area contributed by atoms with Gasteiger partial charge in [-0.25, -0.2) is 0 Å². The number of rotatable bonds is 5. The van der Waals surface area contributed by atoms with Crippen molar-refractivity contribution in [2.75, 3.05) is 24.6 Å². The van der Waals surface area contributed by atoms with E-state index < -0.39 is 0 Å². The van der Waals surface area contributed by atoms with Crippen LogP contribution in [0.2, 0.25) is 0 Å². The zero-order valence-corrected chi connectivity index (χ0v) is 10.7. The van der Waals surface area contributed by atoms with E-state index in [0.29, 0.717) is 5.69 Å². The molecule has 0 bridgehead atoms. The van der Waals surface area contributed by atoms with Crippen molar-refractivity contribution in [3.05, 3.63) is 24.3 Å². The Morgan fingerprint density at radius 3 is 2.82 bits per heavy atom. The van der Waals surface area contributed by atoms with Crippen LogP contribution in [0.4, 0.5) is 11.4 Å². The summed E-state index contributed by atoms with van der Waals surface area (Å²) in [5, 5.41) is 2.86. The number of benzene rings is 1. The van der Waals surface area contributed by atoms with Crippen LogP contribution in [-0.2, 0) is 4.79 Å². The van der Waals surface area contributed by atoms with Crippen molar-refractivity contribution in [2.45, 2.75) is 26.3 Å². The second-order valence-electron chi connectivity index (χ2n) is 4.27. The van der Waals surface area contributed by atoms with Crippen molar-refractivity contribution in [3.63, 3.8) is 0 Å². The Kier molecular flexibility index (Phi) is 4.97. The maximum atomic E-state index is 11.9. The molecular formula is C13H21N3O. The lowest BCUT2D eigenvalue weighted by Gasteiger charge is -2.23. The van der Waals surface area contributed by atoms with E-state index in [1.54, 1.807) is 12.1 Å². The number of nitrogens with two attached hydrogens (primary N) is 1. The van der Waals surface area contributed by atoms with Gasteiger partial charge in [0.2, 0.25) is 5.91 Å². The van der Waals surface area contributed by atoms with Gasteiger partial charge in [-0.1, -0.05) is 13.0 Å². The number of hydrogen-bond acceptors (Lipinski definition) is 3. The molecule has 1 aromatic rings. The molecule has 1 amide bonds. The van der Waals surface area contributed by atoms with Gasteiger partial charge in [0.15, 0.2) is 0 Å². The van der Waals surface area contributed by atoms with Crippen LogP contribution in [-0.4, -0.2) is 30.4 Å². The second kappa shape index (κ2) is 6.25. The number of carbonyl (C=O) groups is 1. The molecule has 0 aromatic heterocycles. The van der Waals surface area contributed by atoms with Crippen molar-refractivity contribution < 1.29 is 4.79 Å². The maximum absolute atomic E-state index is 11.9. The lowest BCUT2D eigenvalue weighted by atomic mass is 10.2. The molecule has 17 heavy (non-hydrogen) atoms. The van der Waals surface area contributed by atoms with E-state index in [1.165, 1.54) is 0 Å². The van der Waals surface area contributed by atoms with Crippen LogP contribution in [0.15, 0.2) is 24.3 Å². The molecule has 4 nitrogen and oxygen atoms in total. The third-order valence-electron chi connectivity index (χ3n) is 2.77. The van der Waals surface area contributed by atoms with Gasteiger partial charge in [-0.3, -0.25) is 9.69 Å². The normalized spacial score (nSPS) is 12.5. The molecule has 1 unspecified atom stereocenters. The summed E-state index contributed by atoms with van der Waals surface area (Å²) in [6.45, 7) is 4.90. The second-order valence-corrected chi connectivity index (χ2v) is 4.27. The first-order chi connectivity index (χ1) is 8.04. The Morgan fingerprint density at radius 1 is 1.53 bits per heavy atom. The summed E-state index contributed by atoms with van der Waals surface area (Å²) in [6.07, 6.45) is 1.03. The monoisotopic (exact) mass is 235 g/mol. The van der Waals surface area contributed by atoms with Crippen molar-refractivity contribution in [1.82, 2.24) is 4.90 Å². The van der Waals surface area contributed by atoms with Crippen LogP contribution >= 0.6 is 0 Å². The molecule has 1 aromatic carbocycles. The summed E-state index contributed by atoms with van der Waals surface area (Å²) < 4.78 is 0. The highest BCUT2D eigenvalue weighted by molar-refractivity contribution is 5.94. The lowest BCUT2D eigenvalue weighted by molar-refractivity contribution is -0.120. The summed E-state index contributed by atoms with van der Waals surface area (Å²) in [7, 11) is 1.95. The molecule has 3 N–H and O–H groups in total. The van der Waals surface area contributed by atoms with Gasteiger partial charge >= 0.3 is 0 Å². The zero-order valence-electron chi connectivity index (χ0n) is 10.7. The molecule has 0 spiro atoms. The van der Waals surface area contributed by atoms with Crippen molar-refractivity contribution in [2.24, 2.45) is 0 Å². The molecule has 0 aliphatic carbocycles. The molecule has 0 radical (unpaired) electrons. The van der Waals surface area contributed by atoms with Gasteiger partial charge in [0.05, 0.1) is 6.04 Å². The van der Waals surface area contributed by atoms with Crippen molar-refractivity contribution in [1.29, 1.82) is 0 Å². The predicted octanol–water partition coefficient (Wildman–Crippen LogP) is 1.94. The van der Waals surface area contributed by atoms with Crippen LogP contribution in [0.1, 0.15) is 20.3 Å². The zero-order chi connectivity index (χ0) is 12.8. The molecule has 0 aliphatic rings. The Labute approximate surface area is 103 Å². The fourth-order valence-electron chi connectivity index (χ4n) is 1.61. The average molecular weight is 235 g/mol. The van der Waals surface area contributed by atoms with Crippen LogP contribution in [0, 0.1) is 0 Å². The average Bonchev–Trinajstić information content (AvgIpc) is 2.28. The van der Waals surface area contributed by atoms with Crippen molar-refractivity contribution in [3.8, 4) is 0 Å². The minimum Gasteiger partial charge on any atom is -0.399 e. The molecule has 0 saturated heterocycles. The van der Waals surface area contributed by atoms with Gasteiger partial charge in [0.1, 0.15) is 0 Å². The summed E-state index contributed by atoms with van der Waals surface area (Å²) in [6, 6.07) is 7.07. The van der Waals surface area contributed by atoms with Crippen molar-refractivity contribution >= 4 is 17.3 Å². The summed E-state index contributed by atoms with van der Waals surface area (Å²) >= 11 is 0. The number of amides is 1. The summed E-state index contributed by atoms with van der Waals surface area (Å²) in [4.78, 5) is 14.0. The fraction of sp³-hybridized carbons (Fsp3) is 0.462. The molecule has 0 heterocycles. The minimum absolute atomic E-state index is 0.00782. The van der Waals surface area contributed by atoms with Gasteiger partial charge in [-0.15, -0.1) is 0 Å². The van der Waals surface area contributed by atoms with E-state index in [9.17, 15) is 4.79 Å². The first kappa shape index (κ1) is 13.5. The first-order valence-electron chi connectivity index (χ1n) is 5.91. The third-order valence-corrected chi connectivity index (χ3v) is 2.77. The number of anilines is 2. The van der Waals surface area contributed by atoms with Gasteiger partial charge < -0.3 is 11.1 Å². The highest BCUT2D eigenvalue weighted by atomic mass is 16.2. The van der Waals surface area contributed by atoms with E-state index in [1.807, 2.05) is 31.0 Å². The van der Waals surface area contributed by atoms with Gasteiger partial charge in [0, 0.05) is 11.4 Å². The van der Waals surface area contributed by atoms with Gasteiger partial charge in [-0.05, 0) is 45.1 Å². The Balaban J connectivity index is 2.60. The molecule has 1 atom stereocenters. The lowest BCUT2D eigenvalue weighted by Crippen LogP contribution is -2.39. The molecule has 0 fully saturated rings. The van der Waals surface area contributed by atoms with E-state index >= 15 is 0 Å². The van der Waals surface area contributed by atoms with Crippen LogP contribution in [0.5, 0.6) is 0 Å². The highest BCUT2D eigenvalue weighted by Crippen LogP contribution is 2.12. The molecule has 4 heteroatoms. The first-order valence-corrected chi connectivity index (χ1v) is 5.91. The number of nitrogen functional groups attached to an aromatic ring is 1. The van der Waals surface area contributed by atoms with E-state index in [2.05, 4.69) is 12.2 Å². The topological polar surface area (TPSA) is 58.4 Å². The fourth-order valence-corrected chi connectivity index (χ4v) is 1.61. The van der Waals surface area contributed by atoms with Crippen LogP contribution in [0.3, 0.4) is 0 Å². The molecule has 1 rings (SSSR count). The van der Waals surface area contributed by atoms with E-state index in [4.69, 9.17) is 5.73 Å². The highest BCUT2D eigenvalue weighted by Gasteiger charge is 2.17. The molecular weight excluding hydrogens is 214 g/mol. The number of nitrogens with zero attached hydrogens (tertiary/aromatic N) is 1. The number of nitrogens with one attached hydrogen (secondary N) is 1. The van der Waals surface area contributed by atoms with Gasteiger partial charge in [-0.2, -0.15) is 0 Å². The van der Waals surface area contributed by atoms with Crippen LogP contribution < -0.4 is 11.1 Å². The Morgan fingerprint density at radius 2 is 2.24 bits per heavy atom. The van der Waals surface area contributed by atoms with E-state index in [0.717, 1.165) is 18.7 Å². The summed E-state index contributed by atoms with van der Waals surface area (Å²) in [5.74, 6) is -0.00782. The summed E-state index contributed by atoms with van der Waals surface area (Å²) in [5.41, 5.74) is 7.05. The largest absolute Gasteiger partial charge is 0.399 e.